The molecule has 9 heteroatoms. The number of carbonyl (C=O) groups excluding carboxylic acids is 1. The van der Waals surface area contributed by atoms with Crippen molar-refractivity contribution in [1.29, 1.82) is 0 Å². The Labute approximate surface area is 142 Å². The molecule has 0 aliphatic heterocycles. The van der Waals surface area contributed by atoms with Crippen LogP contribution < -0.4 is 10.2 Å². The summed E-state index contributed by atoms with van der Waals surface area (Å²) in [6.45, 7) is 2.20. The van der Waals surface area contributed by atoms with E-state index in [9.17, 15) is 9.90 Å². The third-order valence-electron chi connectivity index (χ3n) is 2.39. The first-order valence-electron chi connectivity index (χ1n) is 6.11. The Hall–Kier alpha value is -1.87. The number of halogens is 2. The monoisotopic (exact) mass is 431 g/mol. The fourth-order valence-corrected chi connectivity index (χ4v) is 2.72. The van der Waals surface area contributed by atoms with Gasteiger partial charge in [-0.2, -0.15) is 5.10 Å². The van der Waals surface area contributed by atoms with Gasteiger partial charge in [0.2, 0.25) is 0 Å². The van der Waals surface area contributed by atoms with Crippen LogP contribution in [-0.4, -0.2) is 28.8 Å². The van der Waals surface area contributed by atoms with E-state index in [1.165, 1.54) is 12.4 Å². The van der Waals surface area contributed by atoms with E-state index in [0.29, 0.717) is 16.6 Å². The summed E-state index contributed by atoms with van der Waals surface area (Å²) in [6, 6.07) is 3.33. The van der Waals surface area contributed by atoms with E-state index >= 15 is 0 Å². The fraction of sp³-hybridized carbons (Fsp3) is 0.154. The number of rotatable bonds is 5. The second kappa shape index (κ2) is 7.41. The molecule has 2 N–H and O–H groups in total. The Morgan fingerprint density at radius 2 is 2.32 bits per heavy atom. The van der Waals surface area contributed by atoms with Crippen LogP contribution in [0.4, 0.5) is 0 Å². The number of nitrogens with one attached hydrogen (secondary N) is 1. The summed E-state index contributed by atoms with van der Waals surface area (Å²) in [5.74, 6) is -0.628. The SMILES string of the molecule is CCOc1cnc(C(=O)NN=Cc2cc(Br)cc(Br)c2O)o1. The van der Waals surface area contributed by atoms with E-state index in [4.69, 9.17) is 9.15 Å². The summed E-state index contributed by atoms with van der Waals surface area (Å²) in [6.07, 6.45) is 2.61. The quantitative estimate of drug-likeness (QED) is 0.559. The van der Waals surface area contributed by atoms with Gasteiger partial charge in [-0.05, 0) is 35.0 Å². The maximum absolute atomic E-state index is 11.8. The molecule has 1 heterocycles. The van der Waals surface area contributed by atoms with Crippen molar-refractivity contribution < 1.29 is 19.1 Å². The Morgan fingerprint density at radius 3 is 3.05 bits per heavy atom. The normalized spacial score (nSPS) is 10.9. The summed E-state index contributed by atoms with van der Waals surface area (Å²) < 4.78 is 11.4. The molecular weight excluding hydrogens is 422 g/mol. The molecule has 2 aromatic rings. The number of hydrazone groups is 1. The van der Waals surface area contributed by atoms with Crippen molar-refractivity contribution in [3.8, 4) is 11.7 Å². The van der Waals surface area contributed by atoms with Gasteiger partial charge in [0.1, 0.15) is 11.9 Å². The lowest BCUT2D eigenvalue weighted by Gasteiger charge is -2.02. The Kier molecular flexibility index (Phi) is 5.56. The lowest BCUT2D eigenvalue weighted by Crippen LogP contribution is -2.17. The molecule has 0 aliphatic carbocycles. The largest absolute Gasteiger partial charge is 0.506 e. The minimum atomic E-state index is -0.629. The average Bonchev–Trinajstić information content (AvgIpc) is 2.93. The summed E-state index contributed by atoms with van der Waals surface area (Å²) in [7, 11) is 0. The number of hydrogen-bond donors (Lipinski definition) is 2. The zero-order valence-corrected chi connectivity index (χ0v) is 14.5. The molecule has 0 unspecified atom stereocenters. The van der Waals surface area contributed by atoms with Crippen molar-refractivity contribution in [1.82, 2.24) is 10.4 Å². The third-order valence-corrected chi connectivity index (χ3v) is 3.46. The smallest absolute Gasteiger partial charge is 0.327 e. The van der Waals surface area contributed by atoms with Gasteiger partial charge < -0.3 is 14.3 Å². The molecule has 0 radical (unpaired) electrons. The molecule has 0 fully saturated rings. The molecule has 1 aromatic heterocycles. The Bertz CT molecular complexity index is 715. The zero-order chi connectivity index (χ0) is 16.1. The molecule has 0 spiro atoms. The molecule has 2 rings (SSSR count). The number of amides is 1. The summed E-state index contributed by atoms with van der Waals surface area (Å²) in [4.78, 5) is 15.5. The van der Waals surface area contributed by atoms with Crippen LogP contribution in [0.1, 0.15) is 23.2 Å². The topological polar surface area (TPSA) is 97.0 Å². The van der Waals surface area contributed by atoms with Gasteiger partial charge in [0.05, 0.1) is 17.3 Å². The molecule has 22 heavy (non-hydrogen) atoms. The molecule has 1 aromatic carbocycles. The molecule has 0 bridgehead atoms. The number of hydrogen-bond acceptors (Lipinski definition) is 6. The van der Waals surface area contributed by atoms with Gasteiger partial charge in [0.15, 0.2) is 0 Å². The van der Waals surface area contributed by atoms with Gasteiger partial charge in [-0.3, -0.25) is 4.79 Å². The molecule has 0 aliphatic rings. The van der Waals surface area contributed by atoms with E-state index in [-0.39, 0.29) is 17.6 Å². The molecule has 7 nitrogen and oxygen atoms in total. The van der Waals surface area contributed by atoms with Crippen molar-refractivity contribution in [2.24, 2.45) is 5.10 Å². The summed E-state index contributed by atoms with van der Waals surface area (Å²) >= 11 is 6.50. The minimum Gasteiger partial charge on any atom is -0.506 e. The molecular formula is C13H11Br2N3O4. The van der Waals surface area contributed by atoms with E-state index in [0.717, 1.165) is 4.47 Å². The Morgan fingerprint density at radius 1 is 1.55 bits per heavy atom. The molecule has 0 atom stereocenters. The highest BCUT2D eigenvalue weighted by Crippen LogP contribution is 2.30. The highest BCUT2D eigenvalue weighted by atomic mass is 79.9. The van der Waals surface area contributed by atoms with Gasteiger partial charge >= 0.3 is 11.9 Å². The maximum atomic E-state index is 11.8. The predicted molar refractivity (Wildman–Crippen MR) is 86.2 cm³/mol. The second-order valence-corrected chi connectivity index (χ2v) is 5.71. The van der Waals surface area contributed by atoms with Crippen LogP contribution in [0, 0.1) is 0 Å². The standard InChI is InChI=1S/C13H11Br2N3O4/c1-2-21-10-6-16-13(22-10)12(20)18-17-5-7-3-8(14)4-9(15)11(7)19/h3-6,19H,2H2,1H3,(H,18,20). The number of benzene rings is 1. The first-order chi connectivity index (χ1) is 10.5. The van der Waals surface area contributed by atoms with Crippen LogP contribution in [0.5, 0.6) is 11.7 Å². The number of phenols is 1. The summed E-state index contributed by atoms with van der Waals surface area (Å²) in [5.41, 5.74) is 2.67. The Balaban J connectivity index is 2.04. The predicted octanol–water partition coefficient (Wildman–Crippen LogP) is 3.07. The number of nitrogens with zero attached hydrogens (tertiary/aromatic N) is 2. The first kappa shape index (κ1) is 16.5. The lowest BCUT2D eigenvalue weighted by molar-refractivity contribution is 0.0912. The number of oxazole rings is 1. The maximum Gasteiger partial charge on any atom is 0.327 e. The van der Waals surface area contributed by atoms with Crippen molar-refractivity contribution in [2.75, 3.05) is 6.61 Å². The third kappa shape index (κ3) is 4.08. The molecule has 116 valence electrons. The van der Waals surface area contributed by atoms with E-state index in [2.05, 4.69) is 47.4 Å². The lowest BCUT2D eigenvalue weighted by atomic mass is 10.2. The first-order valence-corrected chi connectivity index (χ1v) is 7.70. The van der Waals surface area contributed by atoms with Gasteiger partial charge in [-0.15, -0.1) is 0 Å². The number of carbonyl (C=O) groups is 1. The van der Waals surface area contributed by atoms with E-state index in [1.54, 1.807) is 19.1 Å². The van der Waals surface area contributed by atoms with Crippen LogP contribution in [-0.2, 0) is 0 Å². The van der Waals surface area contributed by atoms with Gasteiger partial charge in [0.25, 0.3) is 5.89 Å². The molecule has 0 saturated carbocycles. The molecule has 0 saturated heterocycles. The highest BCUT2D eigenvalue weighted by molar-refractivity contribution is 9.11. The van der Waals surface area contributed by atoms with Crippen LogP contribution in [0.2, 0.25) is 0 Å². The number of phenolic OH excluding ortho intramolecular Hbond substituents is 1. The van der Waals surface area contributed by atoms with Crippen LogP contribution in [0.3, 0.4) is 0 Å². The van der Waals surface area contributed by atoms with Crippen molar-refractivity contribution in [2.45, 2.75) is 6.92 Å². The fourth-order valence-electron chi connectivity index (χ4n) is 1.47. The summed E-state index contributed by atoms with van der Waals surface area (Å²) in [5, 5.41) is 13.6. The second-order valence-electron chi connectivity index (χ2n) is 3.94. The van der Waals surface area contributed by atoms with Crippen LogP contribution in [0.25, 0.3) is 0 Å². The number of ether oxygens (including phenoxy) is 1. The van der Waals surface area contributed by atoms with Crippen LogP contribution >= 0.6 is 31.9 Å². The molecule has 1 amide bonds. The van der Waals surface area contributed by atoms with E-state index < -0.39 is 5.91 Å². The zero-order valence-electron chi connectivity index (χ0n) is 11.3. The van der Waals surface area contributed by atoms with Gasteiger partial charge in [-0.25, -0.2) is 10.4 Å². The van der Waals surface area contributed by atoms with Crippen molar-refractivity contribution in [3.63, 3.8) is 0 Å². The van der Waals surface area contributed by atoms with Gasteiger partial charge in [0, 0.05) is 10.0 Å². The average molecular weight is 433 g/mol. The van der Waals surface area contributed by atoms with Gasteiger partial charge in [-0.1, -0.05) is 15.9 Å². The van der Waals surface area contributed by atoms with Crippen molar-refractivity contribution in [3.05, 3.63) is 38.7 Å². The van der Waals surface area contributed by atoms with Crippen LogP contribution in [0.15, 0.2) is 36.8 Å². The minimum absolute atomic E-state index is 0.0101. The number of aromatic nitrogens is 1. The van der Waals surface area contributed by atoms with E-state index in [1.807, 2.05) is 0 Å². The number of aromatic hydroxyl groups is 1. The highest BCUT2D eigenvalue weighted by Gasteiger charge is 2.13. The van der Waals surface area contributed by atoms with Crippen molar-refractivity contribution >= 4 is 44.0 Å².